The minimum Gasteiger partial charge on any atom is -0.393 e. The summed E-state index contributed by atoms with van der Waals surface area (Å²) in [6.07, 6.45) is 3.51. The van der Waals surface area contributed by atoms with Crippen molar-refractivity contribution in [1.82, 2.24) is 4.90 Å². The van der Waals surface area contributed by atoms with Crippen molar-refractivity contribution in [3.63, 3.8) is 0 Å². The first kappa shape index (κ1) is 13.7. The summed E-state index contributed by atoms with van der Waals surface area (Å²) in [6.45, 7) is 1.74. The molecule has 5 heteroatoms. The summed E-state index contributed by atoms with van der Waals surface area (Å²) in [6, 6.07) is 7.52. The third kappa shape index (κ3) is 3.64. The number of hydrogen-bond acceptors (Lipinski definition) is 3. The molecule has 18 heavy (non-hydrogen) atoms. The Balaban J connectivity index is 2.10. The van der Waals surface area contributed by atoms with Crippen LogP contribution in [0.5, 0.6) is 0 Å². The summed E-state index contributed by atoms with van der Waals surface area (Å²) in [7, 11) is 0. The van der Waals surface area contributed by atoms with Crippen molar-refractivity contribution in [2.24, 2.45) is 4.99 Å². The summed E-state index contributed by atoms with van der Waals surface area (Å²) in [5, 5.41) is 11.2. The molecule has 0 aliphatic carbocycles. The van der Waals surface area contributed by atoms with Crippen LogP contribution >= 0.6 is 23.4 Å². The monoisotopic (exact) mass is 284 g/mol. The average molecular weight is 285 g/mol. The Labute approximate surface area is 117 Å². The number of thioether (sulfide) groups is 1. The van der Waals surface area contributed by atoms with Gasteiger partial charge in [0, 0.05) is 18.1 Å². The summed E-state index contributed by atoms with van der Waals surface area (Å²) < 4.78 is 0. The minimum absolute atomic E-state index is 0.153. The van der Waals surface area contributed by atoms with E-state index in [0.29, 0.717) is 0 Å². The van der Waals surface area contributed by atoms with Gasteiger partial charge in [0.2, 0.25) is 0 Å². The number of halogens is 1. The SMILES string of the molecule is CSC(=Nc1ccc(Cl)cc1)N1CCC(O)CC1. The third-order valence-corrected chi connectivity index (χ3v) is 3.94. The van der Waals surface area contributed by atoms with E-state index in [9.17, 15) is 5.11 Å². The Hall–Kier alpha value is -0.710. The molecule has 1 heterocycles. The molecule has 0 radical (unpaired) electrons. The van der Waals surface area contributed by atoms with Gasteiger partial charge in [0.1, 0.15) is 0 Å². The van der Waals surface area contributed by atoms with E-state index < -0.39 is 0 Å². The highest BCUT2D eigenvalue weighted by Crippen LogP contribution is 2.21. The maximum Gasteiger partial charge on any atom is 0.164 e. The first-order chi connectivity index (χ1) is 8.69. The van der Waals surface area contributed by atoms with Gasteiger partial charge in [-0.05, 0) is 43.4 Å². The molecule has 1 saturated heterocycles. The predicted octanol–water partition coefficient (Wildman–Crippen LogP) is 3.15. The van der Waals surface area contributed by atoms with Gasteiger partial charge in [0.05, 0.1) is 11.8 Å². The maximum absolute atomic E-state index is 9.51. The fraction of sp³-hybridized carbons (Fsp3) is 0.462. The molecular weight excluding hydrogens is 268 g/mol. The van der Waals surface area contributed by atoms with Gasteiger partial charge in [-0.1, -0.05) is 23.4 Å². The maximum atomic E-state index is 9.51. The van der Waals surface area contributed by atoms with Gasteiger partial charge in [-0.2, -0.15) is 0 Å². The van der Waals surface area contributed by atoms with Gasteiger partial charge < -0.3 is 10.0 Å². The fourth-order valence-corrected chi connectivity index (χ4v) is 2.69. The molecule has 98 valence electrons. The van der Waals surface area contributed by atoms with Crippen LogP contribution in [0.3, 0.4) is 0 Å². The van der Waals surface area contributed by atoms with Crippen LogP contribution in [0.4, 0.5) is 5.69 Å². The van der Waals surface area contributed by atoms with Crippen LogP contribution in [0.2, 0.25) is 5.02 Å². The molecule has 1 aromatic carbocycles. The first-order valence-corrected chi connectivity index (χ1v) is 7.60. The quantitative estimate of drug-likeness (QED) is 0.636. The lowest BCUT2D eigenvalue weighted by Gasteiger charge is -2.31. The highest BCUT2D eigenvalue weighted by Gasteiger charge is 2.19. The zero-order chi connectivity index (χ0) is 13.0. The number of aliphatic hydroxyl groups excluding tert-OH is 1. The summed E-state index contributed by atoms with van der Waals surface area (Å²) in [5.41, 5.74) is 0.912. The molecular formula is C13H17ClN2OS. The molecule has 1 aromatic rings. The Morgan fingerprint density at radius 2 is 1.94 bits per heavy atom. The number of hydrogen-bond donors (Lipinski definition) is 1. The van der Waals surface area contributed by atoms with Crippen molar-refractivity contribution >= 4 is 34.2 Å². The van der Waals surface area contributed by atoms with E-state index in [1.807, 2.05) is 30.5 Å². The molecule has 0 bridgehead atoms. The molecule has 1 fully saturated rings. The van der Waals surface area contributed by atoms with Crippen molar-refractivity contribution in [3.05, 3.63) is 29.3 Å². The summed E-state index contributed by atoms with van der Waals surface area (Å²) in [5.74, 6) is 0. The Morgan fingerprint density at radius 3 is 2.50 bits per heavy atom. The molecule has 0 atom stereocenters. The number of nitrogens with zero attached hydrogens (tertiary/aromatic N) is 2. The number of rotatable bonds is 1. The van der Waals surface area contributed by atoms with Crippen molar-refractivity contribution in [1.29, 1.82) is 0 Å². The zero-order valence-electron chi connectivity index (χ0n) is 10.3. The van der Waals surface area contributed by atoms with Crippen molar-refractivity contribution in [2.75, 3.05) is 19.3 Å². The number of benzene rings is 1. The first-order valence-electron chi connectivity index (χ1n) is 6.00. The highest BCUT2D eigenvalue weighted by atomic mass is 35.5. The van der Waals surface area contributed by atoms with Crippen molar-refractivity contribution in [2.45, 2.75) is 18.9 Å². The van der Waals surface area contributed by atoms with Crippen LogP contribution in [-0.2, 0) is 0 Å². The lowest BCUT2D eigenvalue weighted by Crippen LogP contribution is -2.38. The molecule has 0 unspecified atom stereocenters. The van der Waals surface area contributed by atoms with Crippen LogP contribution in [0.1, 0.15) is 12.8 Å². The predicted molar refractivity (Wildman–Crippen MR) is 78.9 cm³/mol. The Bertz CT molecular complexity index is 414. The second-order valence-corrected chi connectivity index (χ2v) is 5.50. The van der Waals surface area contributed by atoms with Gasteiger partial charge in [-0.25, -0.2) is 4.99 Å². The number of likely N-dealkylation sites (tertiary alicyclic amines) is 1. The van der Waals surface area contributed by atoms with Crippen LogP contribution in [0.15, 0.2) is 29.3 Å². The molecule has 0 saturated carbocycles. The highest BCUT2D eigenvalue weighted by molar-refractivity contribution is 8.13. The molecule has 2 rings (SSSR count). The molecule has 1 aliphatic rings. The lowest BCUT2D eigenvalue weighted by atomic mass is 10.1. The molecule has 0 amide bonds. The van der Waals surface area contributed by atoms with Crippen LogP contribution in [-0.4, -0.2) is 40.6 Å². The van der Waals surface area contributed by atoms with Gasteiger partial charge in [0.25, 0.3) is 0 Å². The van der Waals surface area contributed by atoms with Crippen molar-refractivity contribution in [3.8, 4) is 0 Å². The van der Waals surface area contributed by atoms with E-state index in [1.165, 1.54) is 0 Å². The van der Waals surface area contributed by atoms with Crippen LogP contribution < -0.4 is 0 Å². The number of amidine groups is 1. The zero-order valence-corrected chi connectivity index (χ0v) is 11.9. The van der Waals surface area contributed by atoms with Crippen LogP contribution in [0.25, 0.3) is 0 Å². The standard InChI is InChI=1S/C13H17ClN2OS/c1-18-13(16-8-6-12(17)7-9-16)15-11-4-2-10(14)3-5-11/h2-5,12,17H,6-9H2,1H3. The van der Waals surface area contributed by atoms with E-state index >= 15 is 0 Å². The molecule has 0 spiro atoms. The number of aliphatic hydroxyl groups is 1. The normalized spacial score (nSPS) is 18.2. The minimum atomic E-state index is -0.153. The van der Waals surface area contributed by atoms with Gasteiger partial charge in [-0.3, -0.25) is 0 Å². The van der Waals surface area contributed by atoms with Crippen molar-refractivity contribution < 1.29 is 5.11 Å². The van der Waals surface area contributed by atoms with E-state index in [0.717, 1.165) is 41.8 Å². The molecule has 1 aliphatic heterocycles. The van der Waals surface area contributed by atoms with Gasteiger partial charge in [-0.15, -0.1) is 0 Å². The van der Waals surface area contributed by atoms with Gasteiger partial charge >= 0.3 is 0 Å². The molecule has 1 N–H and O–H groups in total. The van der Waals surface area contributed by atoms with E-state index in [-0.39, 0.29) is 6.10 Å². The topological polar surface area (TPSA) is 35.8 Å². The average Bonchev–Trinajstić information content (AvgIpc) is 2.39. The van der Waals surface area contributed by atoms with Gasteiger partial charge in [0.15, 0.2) is 5.17 Å². The third-order valence-electron chi connectivity index (χ3n) is 2.97. The summed E-state index contributed by atoms with van der Waals surface area (Å²) >= 11 is 7.49. The Morgan fingerprint density at radius 1 is 1.33 bits per heavy atom. The number of piperidine rings is 1. The van der Waals surface area contributed by atoms with Crippen LogP contribution in [0, 0.1) is 0 Å². The number of aliphatic imine (C=N–C) groups is 1. The van der Waals surface area contributed by atoms with E-state index in [2.05, 4.69) is 9.89 Å². The Kier molecular flexibility index (Phi) is 4.92. The second-order valence-electron chi connectivity index (χ2n) is 4.29. The molecule has 3 nitrogen and oxygen atoms in total. The summed E-state index contributed by atoms with van der Waals surface area (Å²) in [4.78, 5) is 6.86. The smallest absolute Gasteiger partial charge is 0.164 e. The molecule has 0 aromatic heterocycles. The van der Waals surface area contributed by atoms with E-state index in [1.54, 1.807) is 11.8 Å². The lowest BCUT2D eigenvalue weighted by molar-refractivity contribution is 0.110. The largest absolute Gasteiger partial charge is 0.393 e. The second kappa shape index (κ2) is 6.45. The fourth-order valence-electron chi connectivity index (χ4n) is 1.93. The van der Waals surface area contributed by atoms with E-state index in [4.69, 9.17) is 11.6 Å².